The van der Waals surface area contributed by atoms with E-state index in [9.17, 15) is 4.39 Å². The van der Waals surface area contributed by atoms with Gasteiger partial charge in [0.15, 0.2) is 0 Å². The molecule has 2 heteroatoms. The fraction of sp³-hybridized carbons (Fsp3) is 0.429. The Labute approximate surface area is 95.9 Å². The van der Waals surface area contributed by atoms with E-state index in [1.165, 1.54) is 0 Å². The van der Waals surface area contributed by atoms with Crippen molar-refractivity contribution in [2.75, 3.05) is 13.2 Å². The molecule has 1 fully saturated rings. The summed E-state index contributed by atoms with van der Waals surface area (Å²) >= 11 is 0. The molecular formula is C14H17FO. The fourth-order valence-corrected chi connectivity index (χ4v) is 1.99. The molecule has 1 saturated heterocycles. The molecule has 1 aromatic rings. The van der Waals surface area contributed by atoms with Crippen molar-refractivity contribution in [3.63, 3.8) is 0 Å². The molecule has 1 aromatic carbocycles. The van der Waals surface area contributed by atoms with E-state index in [-0.39, 0.29) is 11.7 Å². The van der Waals surface area contributed by atoms with Gasteiger partial charge in [-0.3, -0.25) is 0 Å². The first kappa shape index (κ1) is 11.3. The molecule has 0 aromatic heterocycles. The Balaban J connectivity index is 2.13. The maximum absolute atomic E-state index is 14.0. The van der Waals surface area contributed by atoms with Gasteiger partial charge in [0.25, 0.3) is 0 Å². The normalized spacial score (nSPS) is 18.8. The van der Waals surface area contributed by atoms with E-state index in [2.05, 4.69) is 0 Å². The molecule has 0 N–H and O–H groups in total. The minimum absolute atomic E-state index is 0.00222. The zero-order chi connectivity index (χ0) is 11.4. The largest absolute Gasteiger partial charge is 0.381 e. The van der Waals surface area contributed by atoms with Gasteiger partial charge in [0, 0.05) is 19.1 Å². The van der Waals surface area contributed by atoms with Gasteiger partial charge < -0.3 is 4.74 Å². The highest BCUT2D eigenvalue weighted by Gasteiger charge is 2.18. The monoisotopic (exact) mass is 220 g/mol. The van der Waals surface area contributed by atoms with Crippen molar-refractivity contribution in [3.05, 3.63) is 41.2 Å². The molecule has 2 rings (SSSR count). The summed E-state index contributed by atoms with van der Waals surface area (Å²) in [5.41, 5.74) is 2.09. The van der Waals surface area contributed by atoms with E-state index in [4.69, 9.17) is 4.74 Å². The van der Waals surface area contributed by atoms with E-state index >= 15 is 0 Å². The topological polar surface area (TPSA) is 9.23 Å². The molecule has 1 heterocycles. The Morgan fingerprint density at radius 1 is 1.31 bits per heavy atom. The molecule has 16 heavy (non-hydrogen) atoms. The number of ether oxygens (including phenoxy) is 1. The summed E-state index contributed by atoms with van der Waals surface area (Å²) in [6.07, 6.45) is 3.27. The molecule has 0 aliphatic carbocycles. The maximum Gasteiger partial charge on any atom is 0.104 e. The van der Waals surface area contributed by atoms with E-state index < -0.39 is 0 Å². The van der Waals surface area contributed by atoms with Crippen molar-refractivity contribution < 1.29 is 9.13 Å². The van der Waals surface area contributed by atoms with Crippen molar-refractivity contribution in [3.8, 4) is 0 Å². The van der Waals surface area contributed by atoms with Gasteiger partial charge in [-0.05, 0) is 37.0 Å². The molecule has 0 saturated carbocycles. The molecule has 0 radical (unpaired) electrons. The average Bonchev–Trinajstić information content (AvgIpc) is 2.33. The van der Waals surface area contributed by atoms with Crippen LogP contribution in [-0.4, -0.2) is 13.2 Å². The summed E-state index contributed by atoms with van der Waals surface area (Å²) in [5, 5.41) is 0. The van der Waals surface area contributed by atoms with Crippen LogP contribution in [0.5, 0.6) is 0 Å². The molecule has 0 spiro atoms. The summed E-state index contributed by atoms with van der Waals surface area (Å²) in [6, 6.07) is 7.87. The standard InChI is InChI=1S/C14H17FO/c1-11-4-2-3-5-13(11)10-14(15)12-6-8-16-9-7-12/h2-5,10,12H,6-9H2,1H3/b14-10-. The smallest absolute Gasteiger partial charge is 0.104 e. The van der Waals surface area contributed by atoms with Gasteiger partial charge in [-0.1, -0.05) is 24.3 Å². The van der Waals surface area contributed by atoms with Crippen LogP contribution in [0.4, 0.5) is 4.39 Å². The van der Waals surface area contributed by atoms with E-state index in [1.54, 1.807) is 6.08 Å². The molecule has 0 amide bonds. The van der Waals surface area contributed by atoms with Gasteiger partial charge >= 0.3 is 0 Å². The lowest BCUT2D eigenvalue weighted by Crippen LogP contribution is -2.15. The lowest BCUT2D eigenvalue weighted by molar-refractivity contribution is 0.0705. The predicted octanol–water partition coefficient (Wildman–Crippen LogP) is 3.73. The first-order chi connectivity index (χ1) is 7.77. The zero-order valence-corrected chi connectivity index (χ0v) is 9.58. The highest BCUT2D eigenvalue weighted by Crippen LogP contribution is 2.26. The first-order valence-corrected chi connectivity index (χ1v) is 5.78. The lowest BCUT2D eigenvalue weighted by Gasteiger charge is -2.20. The van der Waals surface area contributed by atoms with Crippen LogP contribution in [0.2, 0.25) is 0 Å². The fourth-order valence-electron chi connectivity index (χ4n) is 1.99. The Kier molecular flexibility index (Phi) is 3.73. The Bertz CT molecular complexity index is 378. The molecule has 86 valence electrons. The molecule has 1 aliphatic rings. The van der Waals surface area contributed by atoms with Crippen LogP contribution in [0.1, 0.15) is 24.0 Å². The average molecular weight is 220 g/mol. The third-order valence-corrected chi connectivity index (χ3v) is 3.09. The van der Waals surface area contributed by atoms with Crippen molar-refractivity contribution in [1.82, 2.24) is 0 Å². The van der Waals surface area contributed by atoms with Crippen LogP contribution in [-0.2, 0) is 4.74 Å². The van der Waals surface area contributed by atoms with Gasteiger partial charge in [-0.15, -0.1) is 0 Å². The second-order valence-corrected chi connectivity index (χ2v) is 4.27. The van der Waals surface area contributed by atoms with Gasteiger partial charge in [-0.2, -0.15) is 0 Å². The molecule has 1 aliphatic heterocycles. The number of aryl methyl sites for hydroxylation is 1. The number of hydrogen-bond acceptors (Lipinski definition) is 1. The van der Waals surface area contributed by atoms with Gasteiger partial charge in [0.2, 0.25) is 0 Å². The molecule has 0 atom stereocenters. The highest BCUT2D eigenvalue weighted by atomic mass is 19.1. The Morgan fingerprint density at radius 2 is 2.00 bits per heavy atom. The summed E-state index contributed by atoms with van der Waals surface area (Å²) in [4.78, 5) is 0. The minimum atomic E-state index is -0.00222. The maximum atomic E-state index is 14.0. The molecule has 1 nitrogen and oxygen atoms in total. The summed E-state index contributed by atoms with van der Waals surface area (Å²) < 4.78 is 19.2. The highest BCUT2D eigenvalue weighted by molar-refractivity contribution is 5.55. The number of allylic oxidation sites excluding steroid dienone is 1. The number of benzene rings is 1. The van der Waals surface area contributed by atoms with Gasteiger partial charge in [0.1, 0.15) is 5.83 Å². The number of halogens is 1. The molecule has 0 unspecified atom stereocenters. The second kappa shape index (κ2) is 5.26. The van der Waals surface area contributed by atoms with Gasteiger partial charge in [-0.25, -0.2) is 4.39 Å². The Morgan fingerprint density at radius 3 is 2.69 bits per heavy atom. The lowest BCUT2D eigenvalue weighted by atomic mass is 9.96. The third kappa shape index (κ3) is 2.70. The van der Waals surface area contributed by atoms with Crippen molar-refractivity contribution in [1.29, 1.82) is 0 Å². The predicted molar refractivity (Wildman–Crippen MR) is 63.8 cm³/mol. The SMILES string of the molecule is Cc1ccccc1/C=C(\F)C1CCOCC1. The van der Waals surface area contributed by atoms with Crippen LogP contribution in [0.25, 0.3) is 6.08 Å². The third-order valence-electron chi connectivity index (χ3n) is 3.09. The second-order valence-electron chi connectivity index (χ2n) is 4.27. The summed E-state index contributed by atoms with van der Waals surface area (Å²) in [7, 11) is 0. The molecule has 0 bridgehead atoms. The summed E-state index contributed by atoms with van der Waals surface area (Å²) in [5.74, 6) is 0.0472. The van der Waals surface area contributed by atoms with Crippen molar-refractivity contribution >= 4 is 6.08 Å². The van der Waals surface area contributed by atoms with Crippen molar-refractivity contribution in [2.24, 2.45) is 5.92 Å². The zero-order valence-electron chi connectivity index (χ0n) is 9.58. The quantitative estimate of drug-likeness (QED) is 0.738. The van der Waals surface area contributed by atoms with E-state index in [1.807, 2.05) is 31.2 Å². The van der Waals surface area contributed by atoms with E-state index in [0.29, 0.717) is 13.2 Å². The van der Waals surface area contributed by atoms with Gasteiger partial charge in [0.05, 0.1) is 0 Å². The molecular weight excluding hydrogens is 203 g/mol. The van der Waals surface area contributed by atoms with E-state index in [0.717, 1.165) is 24.0 Å². The van der Waals surface area contributed by atoms with Crippen LogP contribution in [0, 0.1) is 12.8 Å². The summed E-state index contributed by atoms with van der Waals surface area (Å²) in [6.45, 7) is 3.36. The number of rotatable bonds is 2. The van der Waals surface area contributed by atoms with Crippen molar-refractivity contribution in [2.45, 2.75) is 19.8 Å². The number of hydrogen-bond donors (Lipinski definition) is 0. The van der Waals surface area contributed by atoms with Crippen LogP contribution in [0.3, 0.4) is 0 Å². The first-order valence-electron chi connectivity index (χ1n) is 5.78. The minimum Gasteiger partial charge on any atom is -0.381 e. The van der Waals surface area contributed by atoms with Crippen LogP contribution in [0.15, 0.2) is 30.1 Å². The Hall–Kier alpha value is -1.15. The van der Waals surface area contributed by atoms with Crippen LogP contribution < -0.4 is 0 Å². The van der Waals surface area contributed by atoms with Crippen LogP contribution >= 0.6 is 0 Å².